The Hall–Kier alpha value is -1.85. The van der Waals surface area contributed by atoms with E-state index in [1.807, 2.05) is 11.3 Å². The summed E-state index contributed by atoms with van der Waals surface area (Å²) in [4.78, 5) is 14.3. The van der Waals surface area contributed by atoms with Crippen molar-refractivity contribution in [3.8, 4) is 0 Å². The van der Waals surface area contributed by atoms with E-state index in [2.05, 4.69) is 44.5 Å². The van der Waals surface area contributed by atoms with E-state index in [-0.39, 0.29) is 12.4 Å². The second-order valence-electron chi connectivity index (χ2n) is 7.69. The van der Waals surface area contributed by atoms with Gasteiger partial charge in [-0.3, -0.25) is 0 Å². The minimum absolute atomic E-state index is 0. The molecule has 1 aliphatic carbocycles. The fourth-order valence-corrected chi connectivity index (χ4v) is 5.64. The van der Waals surface area contributed by atoms with E-state index < -0.39 is 0 Å². The van der Waals surface area contributed by atoms with Crippen LogP contribution in [0.2, 0.25) is 0 Å². The summed E-state index contributed by atoms with van der Waals surface area (Å²) in [5, 5.41) is 4.81. The molecule has 148 valence electrons. The number of fused-ring (bicyclic) bond motifs is 3. The lowest BCUT2D eigenvalue weighted by molar-refractivity contribution is 0.700. The first-order valence-corrected chi connectivity index (χ1v) is 11.1. The highest BCUT2D eigenvalue weighted by Crippen LogP contribution is 2.39. The molecule has 1 aliphatic heterocycles. The van der Waals surface area contributed by atoms with E-state index in [4.69, 9.17) is 0 Å². The van der Waals surface area contributed by atoms with Crippen molar-refractivity contribution in [3.63, 3.8) is 0 Å². The molecular weight excluding hydrogens is 388 g/mol. The van der Waals surface area contributed by atoms with Crippen LogP contribution in [0, 0.1) is 0 Å². The van der Waals surface area contributed by atoms with Gasteiger partial charge in [-0.1, -0.05) is 12.8 Å². The molecule has 0 spiro atoms. The number of hydrogen-bond acceptors (Lipinski definition) is 5. The third-order valence-corrected chi connectivity index (χ3v) is 7.05. The molecule has 1 N–H and O–H groups in total. The number of nitrogens with one attached hydrogen (secondary N) is 1. The molecule has 5 rings (SSSR count). The number of halogens is 1. The lowest BCUT2D eigenvalue weighted by atomic mass is 9.97. The number of rotatable bonds is 3. The summed E-state index contributed by atoms with van der Waals surface area (Å²) in [5.41, 5.74) is 3.91. The van der Waals surface area contributed by atoms with Crippen LogP contribution in [-0.2, 0) is 12.8 Å². The Balaban J connectivity index is 0.00000192. The third-order valence-electron chi connectivity index (χ3n) is 5.85. The van der Waals surface area contributed by atoms with Gasteiger partial charge in [0.25, 0.3) is 0 Å². The highest BCUT2D eigenvalue weighted by Gasteiger charge is 2.20. The van der Waals surface area contributed by atoms with Crippen molar-refractivity contribution in [2.75, 3.05) is 23.3 Å². The van der Waals surface area contributed by atoms with Crippen LogP contribution < -0.4 is 10.2 Å². The van der Waals surface area contributed by atoms with Crippen LogP contribution in [0.5, 0.6) is 0 Å². The molecule has 1 saturated heterocycles. The number of hydrogen-bond donors (Lipinski definition) is 1. The van der Waals surface area contributed by atoms with Gasteiger partial charge < -0.3 is 10.2 Å². The van der Waals surface area contributed by atoms with Crippen LogP contribution in [0.15, 0.2) is 30.6 Å². The normalized spacial score (nSPS) is 16.9. The van der Waals surface area contributed by atoms with Gasteiger partial charge in [0.1, 0.15) is 17.0 Å². The molecule has 3 heterocycles. The van der Waals surface area contributed by atoms with Gasteiger partial charge in [0.2, 0.25) is 0 Å². The zero-order valence-corrected chi connectivity index (χ0v) is 17.7. The predicted octanol–water partition coefficient (Wildman–Crippen LogP) is 6.12. The molecule has 28 heavy (non-hydrogen) atoms. The topological polar surface area (TPSA) is 41.1 Å². The van der Waals surface area contributed by atoms with Gasteiger partial charge in [0.05, 0.1) is 5.39 Å². The molecule has 0 amide bonds. The van der Waals surface area contributed by atoms with Crippen LogP contribution in [-0.4, -0.2) is 23.1 Å². The fourth-order valence-electron chi connectivity index (χ4n) is 4.41. The Morgan fingerprint density at radius 3 is 2.39 bits per heavy atom. The van der Waals surface area contributed by atoms with Crippen molar-refractivity contribution in [3.05, 3.63) is 41.0 Å². The first kappa shape index (κ1) is 19.5. The Bertz CT molecular complexity index is 930. The molecule has 0 bridgehead atoms. The zero-order chi connectivity index (χ0) is 18.1. The molecule has 2 aromatic heterocycles. The Labute approximate surface area is 176 Å². The minimum Gasteiger partial charge on any atom is -0.372 e. The van der Waals surface area contributed by atoms with Crippen LogP contribution in [0.1, 0.15) is 49.0 Å². The maximum atomic E-state index is 4.58. The number of nitrogens with zero attached hydrogens (tertiary/aromatic N) is 3. The van der Waals surface area contributed by atoms with Crippen molar-refractivity contribution in [2.45, 2.75) is 51.4 Å². The molecule has 1 aromatic carbocycles. The van der Waals surface area contributed by atoms with Gasteiger partial charge in [0.15, 0.2) is 0 Å². The van der Waals surface area contributed by atoms with Crippen molar-refractivity contribution < 1.29 is 0 Å². The van der Waals surface area contributed by atoms with Gasteiger partial charge in [-0.2, -0.15) is 0 Å². The molecule has 6 heteroatoms. The van der Waals surface area contributed by atoms with E-state index in [0.717, 1.165) is 22.8 Å². The number of benzene rings is 1. The van der Waals surface area contributed by atoms with E-state index >= 15 is 0 Å². The van der Waals surface area contributed by atoms with Crippen molar-refractivity contribution in [1.82, 2.24) is 9.97 Å². The molecule has 0 saturated carbocycles. The Morgan fingerprint density at radius 1 is 0.857 bits per heavy atom. The molecule has 0 atom stereocenters. The maximum Gasteiger partial charge on any atom is 0.142 e. The fraction of sp³-hybridized carbons (Fsp3) is 0.455. The lowest BCUT2D eigenvalue weighted by Gasteiger charge is -2.23. The predicted molar refractivity (Wildman–Crippen MR) is 122 cm³/mol. The van der Waals surface area contributed by atoms with Gasteiger partial charge in [-0.15, -0.1) is 23.7 Å². The van der Waals surface area contributed by atoms with Gasteiger partial charge in [0, 0.05) is 29.3 Å². The largest absolute Gasteiger partial charge is 0.372 e. The van der Waals surface area contributed by atoms with E-state index in [1.54, 1.807) is 6.33 Å². The number of aromatic nitrogens is 2. The first-order chi connectivity index (χ1) is 13.4. The van der Waals surface area contributed by atoms with E-state index in [0.29, 0.717) is 0 Å². The first-order valence-electron chi connectivity index (χ1n) is 10.3. The highest BCUT2D eigenvalue weighted by molar-refractivity contribution is 7.19. The third kappa shape index (κ3) is 3.83. The standard InChI is InChI=1S/C22H26N4S.ClH/c1-2-6-14-26(13-5-1)17-11-9-16(10-12-17)25-21-20-18-7-3-4-8-19(18)27-22(20)24-15-23-21;/h9-12,15H,1-8,13-14H2,(H,23,24,25);1H. The van der Waals surface area contributed by atoms with Gasteiger partial charge in [-0.25, -0.2) is 9.97 Å². The smallest absolute Gasteiger partial charge is 0.142 e. The summed E-state index contributed by atoms with van der Waals surface area (Å²) < 4.78 is 0. The van der Waals surface area contributed by atoms with Crippen molar-refractivity contribution in [2.24, 2.45) is 0 Å². The maximum absolute atomic E-state index is 4.58. The number of anilines is 3. The second-order valence-corrected chi connectivity index (χ2v) is 8.77. The summed E-state index contributed by atoms with van der Waals surface area (Å²) in [6, 6.07) is 8.87. The van der Waals surface area contributed by atoms with Crippen LogP contribution >= 0.6 is 23.7 Å². The lowest BCUT2D eigenvalue weighted by Crippen LogP contribution is -2.23. The average Bonchev–Trinajstić information content (AvgIpc) is 2.88. The van der Waals surface area contributed by atoms with Gasteiger partial charge in [-0.05, 0) is 68.4 Å². The quantitative estimate of drug-likeness (QED) is 0.560. The number of thiophene rings is 1. The number of aryl methyl sites for hydroxylation is 2. The summed E-state index contributed by atoms with van der Waals surface area (Å²) in [7, 11) is 0. The summed E-state index contributed by atoms with van der Waals surface area (Å²) in [5.74, 6) is 0.960. The Morgan fingerprint density at radius 2 is 1.61 bits per heavy atom. The Kier molecular flexibility index (Phi) is 6.02. The monoisotopic (exact) mass is 414 g/mol. The van der Waals surface area contributed by atoms with Crippen LogP contribution in [0.3, 0.4) is 0 Å². The molecular formula is C22H27ClN4S. The molecule has 0 radical (unpaired) electrons. The molecule has 2 aliphatic rings. The average molecular weight is 415 g/mol. The second kappa shape index (κ2) is 8.66. The summed E-state index contributed by atoms with van der Waals surface area (Å²) in [6.45, 7) is 2.36. The van der Waals surface area contributed by atoms with E-state index in [1.165, 1.54) is 79.5 Å². The van der Waals surface area contributed by atoms with Gasteiger partial charge >= 0.3 is 0 Å². The molecule has 0 unspecified atom stereocenters. The van der Waals surface area contributed by atoms with Crippen molar-refractivity contribution in [1.29, 1.82) is 0 Å². The van der Waals surface area contributed by atoms with Crippen LogP contribution in [0.25, 0.3) is 10.2 Å². The minimum atomic E-state index is 0. The summed E-state index contributed by atoms with van der Waals surface area (Å²) in [6.07, 6.45) is 12.0. The molecule has 3 aromatic rings. The van der Waals surface area contributed by atoms with E-state index in [9.17, 15) is 0 Å². The van der Waals surface area contributed by atoms with Crippen molar-refractivity contribution >= 4 is 51.2 Å². The molecule has 4 nitrogen and oxygen atoms in total. The SMILES string of the molecule is Cl.c1nc(Nc2ccc(N3CCCCCC3)cc2)c2c3c(sc2n1)CCCC3. The highest BCUT2D eigenvalue weighted by atomic mass is 35.5. The summed E-state index contributed by atoms with van der Waals surface area (Å²) >= 11 is 1.85. The zero-order valence-electron chi connectivity index (χ0n) is 16.1. The molecule has 1 fully saturated rings. The van der Waals surface area contributed by atoms with Crippen LogP contribution in [0.4, 0.5) is 17.2 Å².